The van der Waals surface area contributed by atoms with E-state index in [2.05, 4.69) is 11.4 Å². The van der Waals surface area contributed by atoms with E-state index in [1.807, 2.05) is 19.2 Å². The molecule has 0 radical (unpaired) electrons. The van der Waals surface area contributed by atoms with E-state index >= 15 is 0 Å². The predicted octanol–water partition coefficient (Wildman–Crippen LogP) is 3.49. The van der Waals surface area contributed by atoms with Crippen molar-refractivity contribution >= 4 is 22.9 Å². The Kier molecular flexibility index (Phi) is 3.45. The molecule has 90 valence electrons. The van der Waals surface area contributed by atoms with E-state index in [-0.39, 0.29) is 5.91 Å². The quantitative estimate of drug-likeness (QED) is 0.894. The third-order valence-electron chi connectivity index (χ3n) is 2.83. The third-order valence-corrected chi connectivity index (χ3v) is 3.84. The highest BCUT2D eigenvalue weighted by molar-refractivity contribution is 7.10. The molecule has 18 heavy (non-hydrogen) atoms. The second-order valence-electron chi connectivity index (χ2n) is 3.94. The van der Waals surface area contributed by atoms with Gasteiger partial charge < -0.3 is 5.32 Å². The zero-order valence-corrected chi connectivity index (χ0v) is 11.0. The van der Waals surface area contributed by atoms with Gasteiger partial charge in [0.1, 0.15) is 6.07 Å². The Hall–Kier alpha value is -2.12. The topological polar surface area (TPSA) is 52.9 Å². The molecule has 1 aromatic carbocycles. The molecule has 1 N–H and O–H groups in total. The van der Waals surface area contributed by atoms with Gasteiger partial charge in [-0.05, 0) is 31.5 Å². The van der Waals surface area contributed by atoms with Gasteiger partial charge in [-0.25, -0.2) is 0 Å². The molecule has 0 spiro atoms. The van der Waals surface area contributed by atoms with Gasteiger partial charge in [0.25, 0.3) is 5.91 Å². The first kappa shape index (κ1) is 12.3. The molecule has 0 aliphatic heterocycles. The molecule has 1 heterocycles. The van der Waals surface area contributed by atoms with Crippen LogP contribution < -0.4 is 5.32 Å². The minimum atomic E-state index is -0.167. The van der Waals surface area contributed by atoms with Crippen molar-refractivity contribution in [2.75, 3.05) is 5.32 Å². The number of para-hydroxylation sites is 1. The van der Waals surface area contributed by atoms with Crippen molar-refractivity contribution in [2.45, 2.75) is 13.8 Å². The summed E-state index contributed by atoms with van der Waals surface area (Å²) in [6.45, 7) is 3.91. The maximum atomic E-state index is 12.1. The fourth-order valence-corrected chi connectivity index (χ4v) is 2.48. The summed E-state index contributed by atoms with van der Waals surface area (Å²) >= 11 is 1.55. The first-order chi connectivity index (χ1) is 8.63. The second-order valence-corrected chi connectivity index (χ2v) is 5.03. The highest BCUT2D eigenvalue weighted by Crippen LogP contribution is 2.22. The summed E-state index contributed by atoms with van der Waals surface area (Å²) in [5.74, 6) is -0.167. The average Bonchev–Trinajstić information content (AvgIpc) is 2.71. The molecule has 0 atom stereocenters. The van der Waals surface area contributed by atoms with E-state index in [4.69, 9.17) is 5.26 Å². The first-order valence-corrected chi connectivity index (χ1v) is 6.36. The summed E-state index contributed by atoms with van der Waals surface area (Å²) in [6, 6.07) is 9.04. The van der Waals surface area contributed by atoms with Crippen LogP contribution in [0.3, 0.4) is 0 Å². The number of amides is 1. The largest absolute Gasteiger partial charge is 0.321 e. The zero-order chi connectivity index (χ0) is 13.1. The van der Waals surface area contributed by atoms with Gasteiger partial charge in [-0.3, -0.25) is 4.79 Å². The van der Waals surface area contributed by atoms with Crippen molar-refractivity contribution in [3.63, 3.8) is 0 Å². The lowest BCUT2D eigenvalue weighted by Gasteiger charge is -2.06. The van der Waals surface area contributed by atoms with Gasteiger partial charge in [0.2, 0.25) is 0 Å². The Bertz CT molecular complexity index is 637. The molecule has 2 aromatic rings. The molecular weight excluding hydrogens is 244 g/mol. The Morgan fingerprint density at radius 3 is 2.67 bits per heavy atom. The zero-order valence-electron chi connectivity index (χ0n) is 10.2. The molecule has 0 fully saturated rings. The minimum Gasteiger partial charge on any atom is -0.321 e. The smallest absolute Gasteiger partial charge is 0.256 e. The Labute approximate surface area is 110 Å². The molecule has 0 saturated carbocycles. The van der Waals surface area contributed by atoms with E-state index in [0.29, 0.717) is 16.8 Å². The van der Waals surface area contributed by atoms with E-state index in [1.165, 1.54) is 0 Å². The lowest BCUT2D eigenvalue weighted by molar-refractivity contribution is 0.102. The highest BCUT2D eigenvalue weighted by atomic mass is 32.1. The predicted molar refractivity (Wildman–Crippen MR) is 72.9 cm³/mol. The molecule has 0 bridgehead atoms. The summed E-state index contributed by atoms with van der Waals surface area (Å²) in [5.41, 5.74) is 2.68. The van der Waals surface area contributed by atoms with Gasteiger partial charge in [0.05, 0.1) is 16.8 Å². The maximum Gasteiger partial charge on any atom is 0.256 e. The normalized spacial score (nSPS) is 9.83. The first-order valence-electron chi connectivity index (χ1n) is 5.48. The van der Waals surface area contributed by atoms with Gasteiger partial charge in [0.15, 0.2) is 0 Å². The second kappa shape index (κ2) is 5.03. The highest BCUT2D eigenvalue weighted by Gasteiger charge is 2.13. The number of nitrogens with zero attached hydrogens (tertiary/aromatic N) is 1. The number of carbonyl (C=O) groups excluding carboxylic acids is 1. The van der Waals surface area contributed by atoms with Crippen molar-refractivity contribution in [1.29, 1.82) is 5.26 Å². The van der Waals surface area contributed by atoms with E-state index < -0.39 is 0 Å². The van der Waals surface area contributed by atoms with Crippen molar-refractivity contribution < 1.29 is 4.79 Å². The van der Waals surface area contributed by atoms with Gasteiger partial charge in [0, 0.05) is 10.3 Å². The number of anilines is 1. The molecule has 0 aliphatic rings. The Morgan fingerprint density at radius 2 is 2.06 bits per heavy atom. The van der Waals surface area contributed by atoms with Crippen molar-refractivity contribution in [1.82, 2.24) is 0 Å². The van der Waals surface area contributed by atoms with Crippen LogP contribution >= 0.6 is 11.3 Å². The van der Waals surface area contributed by atoms with Gasteiger partial charge >= 0.3 is 0 Å². The van der Waals surface area contributed by atoms with Crippen LogP contribution in [0.4, 0.5) is 5.69 Å². The molecule has 0 unspecified atom stereocenters. The van der Waals surface area contributed by atoms with Crippen LogP contribution in [0.1, 0.15) is 26.4 Å². The number of nitrogens with one attached hydrogen (secondary N) is 1. The number of thiophene rings is 1. The fraction of sp³-hybridized carbons (Fsp3) is 0.143. The molecule has 1 aromatic heterocycles. The van der Waals surface area contributed by atoms with E-state index in [0.717, 1.165) is 10.4 Å². The summed E-state index contributed by atoms with van der Waals surface area (Å²) in [4.78, 5) is 13.2. The molecule has 0 saturated heterocycles. The molecule has 0 aliphatic carbocycles. The van der Waals surface area contributed by atoms with Crippen molar-refractivity contribution in [3.8, 4) is 6.07 Å². The van der Waals surface area contributed by atoms with Gasteiger partial charge in [-0.15, -0.1) is 11.3 Å². The van der Waals surface area contributed by atoms with Crippen LogP contribution in [0.15, 0.2) is 29.6 Å². The van der Waals surface area contributed by atoms with E-state index in [1.54, 1.807) is 35.6 Å². The summed E-state index contributed by atoms with van der Waals surface area (Å²) in [5, 5.41) is 13.6. The summed E-state index contributed by atoms with van der Waals surface area (Å²) in [7, 11) is 0. The van der Waals surface area contributed by atoms with Gasteiger partial charge in [-0.1, -0.05) is 12.1 Å². The summed E-state index contributed by atoms with van der Waals surface area (Å²) in [6.07, 6.45) is 0. The van der Waals surface area contributed by atoms with Crippen LogP contribution in [0.5, 0.6) is 0 Å². The van der Waals surface area contributed by atoms with Crippen LogP contribution in [0.25, 0.3) is 0 Å². The number of hydrogen-bond acceptors (Lipinski definition) is 3. The van der Waals surface area contributed by atoms with E-state index in [9.17, 15) is 4.79 Å². The van der Waals surface area contributed by atoms with Crippen LogP contribution in [0.2, 0.25) is 0 Å². The molecular formula is C14H12N2OS. The standard InChI is InChI=1S/C14H12N2OS/c1-9-10(2)18-8-12(9)14(17)16-13-6-4-3-5-11(13)7-15/h3-6,8H,1-2H3,(H,16,17). The summed E-state index contributed by atoms with van der Waals surface area (Å²) < 4.78 is 0. The number of aryl methyl sites for hydroxylation is 1. The van der Waals surface area contributed by atoms with Crippen LogP contribution in [-0.2, 0) is 0 Å². The number of carbonyl (C=O) groups is 1. The Morgan fingerprint density at radius 1 is 1.33 bits per heavy atom. The SMILES string of the molecule is Cc1scc(C(=O)Nc2ccccc2C#N)c1C. The van der Waals surface area contributed by atoms with Crippen LogP contribution in [-0.4, -0.2) is 5.91 Å². The average molecular weight is 256 g/mol. The molecule has 1 amide bonds. The maximum absolute atomic E-state index is 12.1. The van der Waals surface area contributed by atoms with Crippen LogP contribution in [0, 0.1) is 25.2 Å². The number of hydrogen-bond donors (Lipinski definition) is 1. The fourth-order valence-electron chi connectivity index (χ4n) is 1.62. The number of nitriles is 1. The lowest BCUT2D eigenvalue weighted by Crippen LogP contribution is -2.13. The van der Waals surface area contributed by atoms with Gasteiger partial charge in [-0.2, -0.15) is 5.26 Å². The lowest BCUT2D eigenvalue weighted by atomic mass is 10.1. The number of rotatable bonds is 2. The Balaban J connectivity index is 2.28. The molecule has 4 heteroatoms. The van der Waals surface area contributed by atoms with Crippen molar-refractivity contribution in [3.05, 3.63) is 51.2 Å². The molecule has 3 nitrogen and oxygen atoms in total. The number of benzene rings is 1. The monoisotopic (exact) mass is 256 g/mol. The minimum absolute atomic E-state index is 0.167. The third kappa shape index (κ3) is 2.27. The van der Waals surface area contributed by atoms with Crippen molar-refractivity contribution in [2.24, 2.45) is 0 Å². The molecule has 2 rings (SSSR count).